The number of hydrogen-bond donors (Lipinski definition) is 1. The van der Waals surface area contributed by atoms with Gasteiger partial charge in [-0.2, -0.15) is 0 Å². The molecule has 7 nitrogen and oxygen atoms in total. The molecule has 0 aliphatic carbocycles. The number of aryl methyl sites for hydroxylation is 1. The number of nitrogens with zero attached hydrogens (tertiary/aromatic N) is 3. The molecule has 0 radical (unpaired) electrons. The highest BCUT2D eigenvalue weighted by molar-refractivity contribution is 5.99. The van der Waals surface area contributed by atoms with Gasteiger partial charge in [0.25, 0.3) is 5.91 Å². The van der Waals surface area contributed by atoms with Crippen LogP contribution in [0.4, 0.5) is 28.0 Å². The summed E-state index contributed by atoms with van der Waals surface area (Å²) in [6.45, 7) is 2.59. The zero-order chi connectivity index (χ0) is 27.0. The molecule has 4 rings (SSSR count). The third-order valence-electron chi connectivity index (χ3n) is 6.47. The van der Waals surface area contributed by atoms with Crippen molar-refractivity contribution in [3.63, 3.8) is 0 Å². The third kappa shape index (κ3) is 4.81. The fourth-order valence-corrected chi connectivity index (χ4v) is 4.20. The third-order valence-corrected chi connectivity index (χ3v) is 6.47. The molecule has 1 atom stereocenters. The highest BCUT2D eigenvalue weighted by atomic mass is 19.1. The van der Waals surface area contributed by atoms with Gasteiger partial charge in [-0.1, -0.05) is 6.07 Å². The number of rotatable bonds is 6. The molecule has 3 aromatic rings. The van der Waals surface area contributed by atoms with Gasteiger partial charge in [-0.15, -0.1) is 0 Å². The fraction of sp³-hybridized carbons (Fsp3) is 0.269. The van der Waals surface area contributed by atoms with E-state index in [0.717, 1.165) is 0 Å². The Bertz CT molecular complexity index is 1380. The molecular weight excluding hydrogens is 492 g/mol. The lowest BCUT2D eigenvalue weighted by Crippen LogP contribution is -2.46. The summed E-state index contributed by atoms with van der Waals surface area (Å²) in [6, 6.07) is 4.92. The number of methoxy groups -OCH3 is 1. The van der Waals surface area contributed by atoms with Gasteiger partial charge >= 0.3 is 6.03 Å². The predicted molar refractivity (Wildman–Crippen MR) is 127 cm³/mol. The average Bonchev–Trinajstić information content (AvgIpc) is 2.86. The van der Waals surface area contributed by atoms with Crippen LogP contribution in [0.25, 0.3) is 0 Å². The Kier molecular flexibility index (Phi) is 7.06. The van der Waals surface area contributed by atoms with Crippen molar-refractivity contribution >= 4 is 17.6 Å². The van der Waals surface area contributed by atoms with Crippen molar-refractivity contribution < 1.29 is 31.9 Å². The van der Waals surface area contributed by atoms with Crippen LogP contribution in [0.2, 0.25) is 0 Å². The Hall–Kier alpha value is -4.15. The van der Waals surface area contributed by atoms with Gasteiger partial charge in [-0.05, 0) is 31.5 Å². The summed E-state index contributed by atoms with van der Waals surface area (Å²) >= 11 is 0. The Balaban J connectivity index is 1.68. The average molecular weight is 516 g/mol. The molecule has 0 fully saturated rings. The number of carbonyl (C=O) groups is 2. The molecule has 0 spiro atoms. The topological polar surface area (TPSA) is 74.8 Å². The molecule has 3 amide bonds. The van der Waals surface area contributed by atoms with Crippen LogP contribution in [0.15, 0.2) is 36.5 Å². The second-order valence-electron chi connectivity index (χ2n) is 8.66. The number of pyridine rings is 1. The van der Waals surface area contributed by atoms with Gasteiger partial charge in [0.1, 0.15) is 23.2 Å². The minimum Gasteiger partial charge on any atom is -0.495 e. The first-order valence-corrected chi connectivity index (χ1v) is 11.3. The number of ether oxygens (including phenoxy) is 1. The number of anilines is 1. The highest BCUT2D eigenvalue weighted by Crippen LogP contribution is 2.38. The van der Waals surface area contributed by atoms with Crippen LogP contribution in [0.1, 0.15) is 45.7 Å². The van der Waals surface area contributed by atoms with Gasteiger partial charge in [0.2, 0.25) is 0 Å². The van der Waals surface area contributed by atoms with E-state index in [9.17, 15) is 27.2 Å². The van der Waals surface area contributed by atoms with Crippen LogP contribution >= 0.6 is 0 Å². The summed E-state index contributed by atoms with van der Waals surface area (Å²) in [5, 5.41) is 2.41. The normalized spacial score (nSPS) is 15.0. The molecular formula is C26H24F4N4O3. The van der Waals surface area contributed by atoms with Crippen LogP contribution in [-0.2, 0) is 13.1 Å². The number of halogens is 4. The number of amides is 3. The van der Waals surface area contributed by atoms with E-state index in [1.165, 1.54) is 42.2 Å². The Morgan fingerprint density at radius 2 is 1.78 bits per heavy atom. The summed E-state index contributed by atoms with van der Waals surface area (Å²) in [5.74, 6) is -4.45. The second kappa shape index (κ2) is 10.1. The lowest BCUT2D eigenvalue weighted by molar-refractivity contribution is 0.0950. The first-order chi connectivity index (χ1) is 17.5. The van der Waals surface area contributed by atoms with Crippen molar-refractivity contribution in [1.29, 1.82) is 0 Å². The van der Waals surface area contributed by atoms with Gasteiger partial charge in [0.05, 0.1) is 42.8 Å². The summed E-state index contributed by atoms with van der Waals surface area (Å²) in [6.07, 6.45) is 1.37. The molecule has 1 N–H and O–H groups in total. The molecule has 0 bridgehead atoms. The van der Waals surface area contributed by atoms with E-state index in [0.29, 0.717) is 23.4 Å². The molecule has 0 saturated carbocycles. The van der Waals surface area contributed by atoms with Gasteiger partial charge in [-0.25, -0.2) is 22.4 Å². The number of nitrogens with one attached hydrogen (secondary N) is 1. The molecule has 11 heteroatoms. The summed E-state index contributed by atoms with van der Waals surface area (Å²) in [7, 11) is 2.98. The maximum Gasteiger partial charge on any atom is 0.325 e. The van der Waals surface area contributed by atoms with Crippen LogP contribution in [0, 0.1) is 30.2 Å². The lowest BCUT2D eigenvalue weighted by Gasteiger charge is -2.40. The van der Waals surface area contributed by atoms with Crippen LogP contribution < -0.4 is 15.0 Å². The smallest absolute Gasteiger partial charge is 0.325 e. The lowest BCUT2D eigenvalue weighted by atomic mass is 9.98. The quantitative estimate of drug-likeness (QED) is 0.467. The Morgan fingerprint density at radius 1 is 1.11 bits per heavy atom. The number of aromatic nitrogens is 1. The summed E-state index contributed by atoms with van der Waals surface area (Å²) in [4.78, 5) is 32.9. The molecule has 2 aromatic carbocycles. The molecule has 1 unspecified atom stereocenters. The van der Waals surface area contributed by atoms with Gasteiger partial charge < -0.3 is 15.0 Å². The van der Waals surface area contributed by atoms with E-state index in [-0.39, 0.29) is 35.2 Å². The predicted octanol–water partition coefficient (Wildman–Crippen LogP) is 5.02. The number of carbonyl (C=O) groups excluding carboxylic acids is 2. The van der Waals surface area contributed by atoms with E-state index in [2.05, 4.69) is 10.3 Å². The first kappa shape index (κ1) is 25.9. The summed E-state index contributed by atoms with van der Waals surface area (Å²) < 4.78 is 61.4. The fourth-order valence-electron chi connectivity index (χ4n) is 4.20. The van der Waals surface area contributed by atoms with Crippen molar-refractivity contribution in [3.05, 3.63) is 87.7 Å². The van der Waals surface area contributed by atoms with Crippen molar-refractivity contribution in [3.8, 4) is 5.75 Å². The maximum absolute atomic E-state index is 15.0. The van der Waals surface area contributed by atoms with E-state index < -0.39 is 47.3 Å². The minimum absolute atomic E-state index is 0.106. The van der Waals surface area contributed by atoms with Crippen LogP contribution in [-0.4, -0.2) is 36.0 Å². The van der Waals surface area contributed by atoms with Gasteiger partial charge in [-0.3, -0.25) is 14.7 Å². The zero-order valence-corrected chi connectivity index (χ0v) is 20.5. The van der Waals surface area contributed by atoms with E-state index in [1.807, 2.05) is 6.92 Å². The molecule has 37 heavy (non-hydrogen) atoms. The van der Waals surface area contributed by atoms with Crippen molar-refractivity contribution in [1.82, 2.24) is 15.2 Å². The molecule has 1 aliphatic heterocycles. The monoisotopic (exact) mass is 516 g/mol. The van der Waals surface area contributed by atoms with E-state index >= 15 is 0 Å². The van der Waals surface area contributed by atoms with E-state index in [4.69, 9.17) is 4.74 Å². The molecule has 1 aromatic heterocycles. The standard InChI is InChI=1S/C26H24F4N4O3/c1-13-24(30)19(23(37-4)11-31-13)12-34-22-7-15(5-6-17(22)14(2)33(3)26(34)36)25(35)32-10-18-20(28)8-16(27)9-21(18)29/h5-9,11,14H,10,12H2,1-4H3,(H,32,35). The van der Waals surface area contributed by atoms with Gasteiger partial charge in [0, 0.05) is 36.9 Å². The SMILES string of the molecule is COc1cnc(C)c(F)c1CN1C(=O)N(C)C(C)c2ccc(C(=O)NCc3c(F)cc(F)cc3F)cc21. The van der Waals surface area contributed by atoms with Crippen molar-refractivity contribution in [2.24, 2.45) is 0 Å². The number of fused-ring (bicyclic) bond motifs is 1. The van der Waals surface area contributed by atoms with Crippen LogP contribution in [0.5, 0.6) is 5.75 Å². The first-order valence-electron chi connectivity index (χ1n) is 11.3. The largest absolute Gasteiger partial charge is 0.495 e. The number of benzene rings is 2. The maximum atomic E-state index is 15.0. The second-order valence-corrected chi connectivity index (χ2v) is 8.66. The molecule has 1 aliphatic rings. The number of urea groups is 1. The molecule has 0 saturated heterocycles. The Morgan fingerprint density at radius 3 is 2.43 bits per heavy atom. The van der Waals surface area contributed by atoms with Crippen molar-refractivity contribution in [2.45, 2.75) is 33.0 Å². The van der Waals surface area contributed by atoms with E-state index in [1.54, 1.807) is 13.1 Å². The van der Waals surface area contributed by atoms with Crippen molar-refractivity contribution in [2.75, 3.05) is 19.1 Å². The summed E-state index contributed by atoms with van der Waals surface area (Å²) in [5.41, 5.74) is 0.952. The minimum atomic E-state index is -1.12. The molecule has 2 heterocycles. The molecule has 194 valence electrons. The highest BCUT2D eigenvalue weighted by Gasteiger charge is 2.35. The van der Waals surface area contributed by atoms with Gasteiger partial charge in [0.15, 0.2) is 5.82 Å². The Labute approximate surface area is 210 Å². The zero-order valence-electron chi connectivity index (χ0n) is 20.5. The number of hydrogen-bond acceptors (Lipinski definition) is 4. The van der Waals surface area contributed by atoms with Crippen LogP contribution in [0.3, 0.4) is 0 Å².